The second-order valence-corrected chi connectivity index (χ2v) is 7.91. The van der Waals surface area contributed by atoms with Crippen LogP contribution in [0.25, 0.3) is 0 Å². The Labute approximate surface area is 134 Å². The highest BCUT2D eigenvalue weighted by molar-refractivity contribution is 5.68. The number of amides is 1. The van der Waals surface area contributed by atoms with E-state index in [1.165, 1.54) is 32.1 Å². The first-order valence-electron chi connectivity index (χ1n) is 8.71. The molecule has 1 amide bonds. The molecule has 0 spiro atoms. The molecule has 0 unspecified atom stereocenters. The largest absolute Gasteiger partial charge is 0.444 e. The molecular formula is C17H32N2O3. The van der Waals surface area contributed by atoms with Gasteiger partial charge in [-0.2, -0.15) is 0 Å². The summed E-state index contributed by atoms with van der Waals surface area (Å²) in [6.07, 6.45) is 7.34. The third-order valence-electron chi connectivity index (χ3n) is 4.67. The van der Waals surface area contributed by atoms with Gasteiger partial charge in [-0.15, -0.1) is 0 Å². The second kappa shape index (κ2) is 7.18. The van der Waals surface area contributed by atoms with Crippen LogP contribution in [0.4, 0.5) is 4.79 Å². The fraction of sp³-hybridized carbons (Fsp3) is 0.941. The highest BCUT2D eigenvalue weighted by atomic mass is 16.6. The normalized spacial score (nSPS) is 23.4. The van der Waals surface area contributed by atoms with Gasteiger partial charge in [0.1, 0.15) is 5.60 Å². The molecule has 5 heteroatoms. The van der Waals surface area contributed by atoms with Gasteiger partial charge in [-0.3, -0.25) is 0 Å². The zero-order chi connectivity index (χ0) is 16.2. The average molecular weight is 312 g/mol. The Balaban J connectivity index is 1.74. The summed E-state index contributed by atoms with van der Waals surface area (Å²) in [4.78, 5) is 13.7. The Bertz CT molecular complexity index is 365. The highest BCUT2D eigenvalue weighted by Gasteiger charge is 2.35. The number of piperidine rings is 1. The Hall–Kier alpha value is -0.810. The number of hydrogen-bond acceptors (Lipinski definition) is 4. The van der Waals surface area contributed by atoms with Crippen LogP contribution in [-0.4, -0.2) is 53.0 Å². The summed E-state index contributed by atoms with van der Waals surface area (Å²) < 4.78 is 5.39. The quantitative estimate of drug-likeness (QED) is 0.841. The summed E-state index contributed by atoms with van der Waals surface area (Å²) in [7, 11) is 0. The van der Waals surface area contributed by atoms with Crippen molar-refractivity contribution >= 4 is 6.09 Å². The van der Waals surface area contributed by atoms with E-state index < -0.39 is 11.2 Å². The molecule has 22 heavy (non-hydrogen) atoms. The van der Waals surface area contributed by atoms with E-state index in [0.717, 1.165) is 0 Å². The molecule has 2 N–H and O–H groups in total. The van der Waals surface area contributed by atoms with Crippen molar-refractivity contribution in [2.45, 2.75) is 83.0 Å². The van der Waals surface area contributed by atoms with Gasteiger partial charge in [-0.1, -0.05) is 19.3 Å². The summed E-state index contributed by atoms with van der Waals surface area (Å²) >= 11 is 0. The van der Waals surface area contributed by atoms with Crippen LogP contribution in [0, 0.1) is 0 Å². The van der Waals surface area contributed by atoms with Crippen LogP contribution >= 0.6 is 0 Å². The van der Waals surface area contributed by atoms with E-state index in [2.05, 4.69) is 5.32 Å². The Morgan fingerprint density at radius 1 is 1.23 bits per heavy atom. The molecule has 0 aromatic rings. The number of nitrogens with one attached hydrogen (secondary N) is 1. The van der Waals surface area contributed by atoms with Crippen molar-refractivity contribution in [3.8, 4) is 0 Å². The van der Waals surface area contributed by atoms with Gasteiger partial charge in [0.05, 0.1) is 5.60 Å². The molecule has 2 aliphatic rings. The fourth-order valence-electron chi connectivity index (χ4n) is 3.25. The number of hydrogen-bond donors (Lipinski definition) is 2. The second-order valence-electron chi connectivity index (χ2n) is 7.91. The molecule has 0 atom stereocenters. The first kappa shape index (κ1) is 17.5. The lowest BCUT2D eigenvalue weighted by Crippen LogP contribution is -2.53. The number of ether oxygens (including phenoxy) is 1. The van der Waals surface area contributed by atoms with Gasteiger partial charge in [0.15, 0.2) is 0 Å². The first-order chi connectivity index (χ1) is 10.3. The standard InChI is InChI=1S/C17H32N2O3/c1-16(2,3)22-15(20)19-11-9-17(21,10-12-19)13-18-14-7-5-4-6-8-14/h14,18,21H,4-13H2,1-3H3. The zero-order valence-electron chi connectivity index (χ0n) is 14.4. The Morgan fingerprint density at radius 3 is 2.36 bits per heavy atom. The van der Waals surface area contributed by atoms with Gasteiger partial charge in [0.2, 0.25) is 0 Å². The smallest absolute Gasteiger partial charge is 0.410 e. The lowest BCUT2D eigenvalue weighted by molar-refractivity contribution is -0.0326. The van der Waals surface area contributed by atoms with E-state index in [9.17, 15) is 9.90 Å². The lowest BCUT2D eigenvalue weighted by atomic mass is 9.89. The number of likely N-dealkylation sites (tertiary alicyclic amines) is 1. The summed E-state index contributed by atoms with van der Waals surface area (Å²) in [6, 6.07) is 0.557. The van der Waals surface area contributed by atoms with E-state index in [0.29, 0.717) is 38.5 Å². The predicted molar refractivity (Wildman–Crippen MR) is 86.9 cm³/mol. The van der Waals surface area contributed by atoms with Crippen molar-refractivity contribution in [1.29, 1.82) is 0 Å². The Morgan fingerprint density at radius 2 is 1.82 bits per heavy atom. The van der Waals surface area contributed by atoms with Gasteiger partial charge in [0, 0.05) is 25.7 Å². The van der Waals surface area contributed by atoms with Crippen LogP contribution in [0.3, 0.4) is 0 Å². The van der Waals surface area contributed by atoms with Crippen LogP contribution in [0.5, 0.6) is 0 Å². The number of rotatable bonds is 3. The Kier molecular flexibility index (Phi) is 5.72. The summed E-state index contributed by atoms with van der Waals surface area (Å²) in [5.74, 6) is 0. The van der Waals surface area contributed by atoms with Crippen LogP contribution in [0.15, 0.2) is 0 Å². The molecule has 2 rings (SSSR count). The van der Waals surface area contributed by atoms with E-state index >= 15 is 0 Å². The number of carbonyl (C=O) groups excluding carboxylic acids is 1. The number of nitrogens with zero attached hydrogens (tertiary/aromatic N) is 1. The van der Waals surface area contributed by atoms with Gasteiger partial charge < -0.3 is 20.1 Å². The third kappa shape index (κ3) is 5.43. The summed E-state index contributed by atoms with van der Waals surface area (Å²) in [6.45, 7) is 7.40. The first-order valence-corrected chi connectivity index (χ1v) is 8.71. The molecule has 0 aromatic heterocycles. The molecule has 1 saturated carbocycles. The summed E-state index contributed by atoms with van der Waals surface area (Å²) in [5.41, 5.74) is -1.15. The van der Waals surface area contributed by atoms with Crippen molar-refractivity contribution in [2.75, 3.05) is 19.6 Å². The minimum atomic E-state index is -0.685. The summed E-state index contributed by atoms with van der Waals surface area (Å²) in [5, 5.41) is 14.2. The van der Waals surface area contributed by atoms with E-state index in [4.69, 9.17) is 4.74 Å². The van der Waals surface area contributed by atoms with Crippen LogP contribution in [-0.2, 0) is 4.74 Å². The maximum atomic E-state index is 12.0. The van der Waals surface area contributed by atoms with Crippen molar-refractivity contribution in [1.82, 2.24) is 10.2 Å². The van der Waals surface area contributed by atoms with Crippen LogP contribution < -0.4 is 5.32 Å². The van der Waals surface area contributed by atoms with Crippen LogP contribution in [0.1, 0.15) is 65.7 Å². The number of aliphatic hydroxyl groups is 1. The topological polar surface area (TPSA) is 61.8 Å². The molecule has 0 bridgehead atoms. The van der Waals surface area contributed by atoms with E-state index in [1.54, 1.807) is 4.90 Å². The average Bonchev–Trinajstić information content (AvgIpc) is 2.45. The molecule has 0 radical (unpaired) electrons. The van der Waals surface area contributed by atoms with Gasteiger partial charge >= 0.3 is 6.09 Å². The predicted octanol–water partition coefficient (Wildman–Crippen LogP) is 2.67. The molecule has 1 aliphatic carbocycles. The maximum absolute atomic E-state index is 12.0. The van der Waals surface area contributed by atoms with Gasteiger partial charge in [-0.25, -0.2) is 4.79 Å². The monoisotopic (exact) mass is 312 g/mol. The maximum Gasteiger partial charge on any atom is 0.410 e. The molecule has 5 nitrogen and oxygen atoms in total. The lowest BCUT2D eigenvalue weighted by Gasteiger charge is -2.39. The number of carbonyl (C=O) groups is 1. The van der Waals surface area contributed by atoms with Gasteiger partial charge in [-0.05, 0) is 46.5 Å². The minimum absolute atomic E-state index is 0.269. The van der Waals surface area contributed by atoms with Crippen molar-refractivity contribution in [2.24, 2.45) is 0 Å². The molecule has 128 valence electrons. The third-order valence-corrected chi connectivity index (χ3v) is 4.67. The van der Waals surface area contributed by atoms with Crippen molar-refractivity contribution < 1.29 is 14.6 Å². The minimum Gasteiger partial charge on any atom is -0.444 e. The zero-order valence-corrected chi connectivity index (χ0v) is 14.4. The van der Waals surface area contributed by atoms with Gasteiger partial charge in [0.25, 0.3) is 0 Å². The van der Waals surface area contributed by atoms with Crippen LogP contribution in [0.2, 0.25) is 0 Å². The molecule has 1 saturated heterocycles. The molecular weight excluding hydrogens is 280 g/mol. The molecule has 0 aromatic carbocycles. The van der Waals surface area contributed by atoms with E-state index in [-0.39, 0.29) is 6.09 Å². The van der Waals surface area contributed by atoms with E-state index in [1.807, 2.05) is 20.8 Å². The fourth-order valence-corrected chi connectivity index (χ4v) is 3.25. The molecule has 2 fully saturated rings. The van der Waals surface area contributed by atoms with Crippen molar-refractivity contribution in [3.63, 3.8) is 0 Å². The molecule has 1 heterocycles. The van der Waals surface area contributed by atoms with Crippen molar-refractivity contribution in [3.05, 3.63) is 0 Å². The molecule has 1 aliphatic heterocycles. The highest BCUT2D eigenvalue weighted by Crippen LogP contribution is 2.24. The SMILES string of the molecule is CC(C)(C)OC(=O)N1CCC(O)(CNC2CCCCC2)CC1.